The van der Waals surface area contributed by atoms with E-state index in [2.05, 4.69) is 15.3 Å². The molecule has 6 aromatic rings. The fraction of sp³-hybridized carbons (Fsp3) is 0.308. The molecule has 0 saturated heterocycles. The number of aromatic nitrogens is 4. The van der Waals surface area contributed by atoms with Crippen LogP contribution in [0.3, 0.4) is 0 Å². The topological polar surface area (TPSA) is 159 Å². The number of aliphatic hydroxyl groups is 2. The predicted octanol–water partition coefficient (Wildman–Crippen LogP) is 7.88. The fourth-order valence-electron chi connectivity index (χ4n) is 5.70. The summed E-state index contributed by atoms with van der Waals surface area (Å²) < 4.78 is 21.0. The van der Waals surface area contributed by atoms with Crippen molar-refractivity contribution in [1.82, 2.24) is 19.1 Å². The maximum Gasteiger partial charge on any atom is 0.412 e. The zero-order chi connectivity index (χ0) is 37.2. The van der Waals surface area contributed by atoms with Gasteiger partial charge in [-0.25, -0.2) is 14.8 Å². The van der Waals surface area contributed by atoms with Crippen LogP contribution in [0.5, 0.6) is 23.0 Å². The normalized spacial score (nSPS) is 11.4. The molecule has 0 aliphatic rings. The lowest BCUT2D eigenvalue weighted by atomic mass is 10.1. The largest absolute Gasteiger partial charge is 0.457 e. The molecule has 0 radical (unpaired) electrons. The molecule has 1 amide bonds. The van der Waals surface area contributed by atoms with E-state index in [-0.39, 0.29) is 13.2 Å². The smallest absolute Gasteiger partial charge is 0.412 e. The molecule has 0 aliphatic carbocycles. The molecule has 0 aliphatic heterocycles. The number of carbonyl (C=O) groups is 1. The van der Waals surface area contributed by atoms with E-state index in [9.17, 15) is 15.0 Å². The minimum atomic E-state index is -0.560. The fourth-order valence-corrected chi connectivity index (χ4v) is 5.70. The van der Waals surface area contributed by atoms with Crippen LogP contribution in [-0.4, -0.2) is 41.0 Å². The molecule has 51 heavy (non-hydrogen) atoms. The van der Waals surface area contributed by atoms with E-state index in [1.807, 2.05) is 132 Å². The Morgan fingerprint density at radius 1 is 0.706 bits per heavy atom. The number of nitrogens with one attached hydrogen (secondary N) is 1. The van der Waals surface area contributed by atoms with Crippen molar-refractivity contribution in [2.45, 2.75) is 67.3 Å². The van der Waals surface area contributed by atoms with Crippen LogP contribution < -0.4 is 20.5 Å². The van der Waals surface area contributed by atoms with Gasteiger partial charge in [0.1, 0.15) is 53.5 Å². The van der Waals surface area contributed by atoms with Crippen molar-refractivity contribution in [2.24, 2.45) is 14.1 Å². The van der Waals surface area contributed by atoms with Gasteiger partial charge in [0.25, 0.3) is 0 Å². The Morgan fingerprint density at radius 2 is 1.12 bits per heavy atom. The molecule has 6 rings (SSSR count). The first kappa shape index (κ1) is 36.7. The summed E-state index contributed by atoms with van der Waals surface area (Å²) in [6, 6.07) is 18.9. The van der Waals surface area contributed by atoms with Crippen molar-refractivity contribution in [1.29, 1.82) is 0 Å². The zero-order valence-corrected chi connectivity index (χ0v) is 30.6. The first-order valence-electron chi connectivity index (χ1n) is 16.5. The van der Waals surface area contributed by atoms with Gasteiger partial charge in [0, 0.05) is 31.9 Å². The van der Waals surface area contributed by atoms with E-state index in [0.29, 0.717) is 28.8 Å². The number of nitrogens with zero attached hydrogens (tertiary/aromatic N) is 4. The predicted molar refractivity (Wildman–Crippen MR) is 200 cm³/mol. The van der Waals surface area contributed by atoms with Gasteiger partial charge >= 0.3 is 6.09 Å². The number of fused-ring (bicyclic) bond motifs is 2. The molecule has 12 nitrogen and oxygen atoms in total. The Balaban J connectivity index is 0.000000205. The highest BCUT2D eigenvalue weighted by atomic mass is 16.6. The van der Waals surface area contributed by atoms with E-state index < -0.39 is 11.7 Å². The maximum atomic E-state index is 12.1. The van der Waals surface area contributed by atoms with Crippen LogP contribution in [0.2, 0.25) is 0 Å². The number of nitrogen functional groups attached to an aromatic ring is 1. The molecule has 0 unspecified atom stereocenters. The number of hydrogen-bond acceptors (Lipinski definition) is 9. The minimum absolute atomic E-state index is 0.0856. The summed E-state index contributed by atoms with van der Waals surface area (Å²) in [4.78, 5) is 20.8. The van der Waals surface area contributed by atoms with Crippen LogP contribution in [0.4, 0.5) is 16.2 Å². The quantitative estimate of drug-likeness (QED) is 0.122. The van der Waals surface area contributed by atoms with Gasteiger partial charge in [-0.15, -0.1) is 0 Å². The van der Waals surface area contributed by atoms with Gasteiger partial charge in [-0.1, -0.05) is 0 Å². The molecule has 2 heterocycles. The van der Waals surface area contributed by atoms with E-state index >= 15 is 0 Å². The number of hydrogen-bond donors (Lipinski definition) is 4. The second-order valence-electron chi connectivity index (χ2n) is 13.5. The summed E-state index contributed by atoms with van der Waals surface area (Å²) in [6.45, 7) is 13.0. The molecule has 12 heteroatoms. The van der Waals surface area contributed by atoms with Gasteiger partial charge in [0.2, 0.25) is 0 Å². The second kappa shape index (κ2) is 14.7. The summed E-state index contributed by atoms with van der Waals surface area (Å²) in [5.41, 5.74) is 14.1. The monoisotopic (exact) mass is 694 g/mol. The summed E-state index contributed by atoms with van der Waals surface area (Å²) in [6.07, 6.45) is -0.487. The van der Waals surface area contributed by atoms with Gasteiger partial charge in [-0.2, -0.15) is 0 Å². The molecular formula is C39H46N6O6. The van der Waals surface area contributed by atoms with Crippen LogP contribution in [0.1, 0.15) is 54.7 Å². The highest BCUT2D eigenvalue weighted by Crippen LogP contribution is 2.32. The first-order valence-corrected chi connectivity index (χ1v) is 16.5. The van der Waals surface area contributed by atoms with E-state index in [1.54, 1.807) is 0 Å². The Bertz CT molecular complexity index is 2180. The Labute approximate surface area is 297 Å². The molecular weight excluding hydrogens is 648 g/mol. The number of nitrogens with two attached hydrogens (primary N) is 1. The van der Waals surface area contributed by atoms with Gasteiger partial charge in [0.15, 0.2) is 0 Å². The van der Waals surface area contributed by atoms with Crippen molar-refractivity contribution in [2.75, 3.05) is 11.1 Å². The molecule has 268 valence electrons. The van der Waals surface area contributed by atoms with Crippen LogP contribution in [0.25, 0.3) is 22.1 Å². The number of carbonyl (C=O) groups excluding carboxylic acids is 1. The third kappa shape index (κ3) is 8.42. The number of aliphatic hydroxyl groups excluding tert-OH is 2. The average Bonchev–Trinajstić information content (AvgIpc) is 3.55. The summed E-state index contributed by atoms with van der Waals surface area (Å²) in [7, 11) is 3.73. The molecule has 0 fully saturated rings. The number of amides is 1. The lowest BCUT2D eigenvalue weighted by Crippen LogP contribution is -2.27. The minimum Gasteiger partial charge on any atom is -0.457 e. The van der Waals surface area contributed by atoms with Gasteiger partial charge in [-0.3, -0.25) is 5.32 Å². The van der Waals surface area contributed by atoms with Gasteiger partial charge in [0.05, 0.1) is 27.8 Å². The maximum absolute atomic E-state index is 12.1. The van der Waals surface area contributed by atoms with E-state index in [1.165, 1.54) is 0 Å². The van der Waals surface area contributed by atoms with Crippen molar-refractivity contribution < 1.29 is 29.2 Å². The number of aryl methyl sites for hydroxylation is 6. The number of anilines is 2. The number of benzene rings is 4. The molecule has 0 bridgehead atoms. The van der Waals surface area contributed by atoms with Crippen LogP contribution in [0.15, 0.2) is 60.7 Å². The van der Waals surface area contributed by atoms with E-state index in [0.717, 1.165) is 61.5 Å². The van der Waals surface area contributed by atoms with Gasteiger partial charge in [-0.05, 0) is 119 Å². The number of ether oxygens (including phenoxy) is 3. The third-order valence-corrected chi connectivity index (χ3v) is 8.34. The van der Waals surface area contributed by atoms with E-state index in [4.69, 9.17) is 19.9 Å². The van der Waals surface area contributed by atoms with Crippen LogP contribution in [-0.2, 0) is 32.0 Å². The average molecular weight is 695 g/mol. The summed E-state index contributed by atoms with van der Waals surface area (Å²) in [5.74, 6) is 4.04. The van der Waals surface area contributed by atoms with Crippen molar-refractivity contribution in [3.05, 3.63) is 94.6 Å². The van der Waals surface area contributed by atoms with Gasteiger partial charge < -0.3 is 39.3 Å². The van der Waals surface area contributed by atoms with Crippen molar-refractivity contribution in [3.63, 3.8) is 0 Å². The first-order chi connectivity index (χ1) is 24.1. The van der Waals surface area contributed by atoms with Crippen LogP contribution >= 0.6 is 0 Å². The molecule has 2 aromatic heterocycles. The van der Waals surface area contributed by atoms with Crippen molar-refractivity contribution >= 4 is 39.5 Å². The third-order valence-electron chi connectivity index (χ3n) is 8.34. The molecule has 0 atom stereocenters. The SMILES string of the molecule is Cc1cc(Oc2ccc3nc(CO)n(C)c3c2)cc(C)c1N.Cc1cc(Oc2ccc3nc(CO)n(C)c3c2)cc(C)c1NC(=O)OC(C)(C)C. The molecule has 0 spiro atoms. The van der Waals surface area contributed by atoms with Crippen LogP contribution in [0, 0.1) is 27.7 Å². The Kier molecular flexibility index (Phi) is 10.6. The lowest BCUT2D eigenvalue weighted by molar-refractivity contribution is 0.0635. The molecule has 0 saturated carbocycles. The van der Waals surface area contributed by atoms with Crippen molar-refractivity contribution in [3.8, 4) is 23.0 Å². The number of imidazole rings is 2. The summed E-state index contributed by atoms with van der Waals surface area (Å²) >= 11 is 0. The zero-order valence-electron chi connectivity index (χ0n) is 30.6. The Morgan fingerprint density at radius 3 is 1.51 bits per heavy atom. The lowest BCUT2D eigenvalue weighted by Gasteiger charge is -2.21. The highest BCUT2D eigenvalue weighted by molar-refractivity contribution is 5.87. The molecule has 5 N–H and O–H groups in total. The standard InChI is InChI=1S/C22H27N3O4.C17H19N3O2/c1-13-9-16(10-14(2)20(13)24-21(27)29-22(3,4)5)28-15-7-8-17-18(11-15)25(6)19(12-26)23-17;1-10-6-13(7-11(2)17(10)18)22-12-4-5-14-15(8-12)20(3)16(9-21)19-14/h7-11,26H,12H2,1-6H3,(H,24,27);4-8,21H,9,18H2,1-3H3. The highest BCUT2D eigenvalue weighted by Gasteiger charge is 2.18. The second-order valence-corrected chi connectivity index (χ2v) is 13.5. The number of rotatable bonds is 7. The summed E-state index contributed by atoms with van der Waals surface area (Å²) in [5, 5.41) is 21.5. The Hall–Kier alpha value is -5.59. The molecule has 4 aromatic carbocycles.